The van der Waals surface area contributed by atoms with E-state index in [1.807, 2.05) is 45.0 Å². The predicted octanol–water partition coefficient (Wildman–Crippen LogP) is 4.05. The Balaban J connectivity index is 1.59. The van der Waals surface area contributed by atoms with Gasteiger partial charge < -0.3 is 19.5 Å². The number of carbonyl (C=O) groups excluding carboxylic acids is 1. The molecule has 0 radical (unpaired) electrons. The van der Waals surface area contributed by atoms with Crippen molar-refractivity contribution < 1.29 is 9.53 Å². The van der Waals surface area contributed by atoms with Gasteiger partial charge in [0.05, 0.1) is 30.4 Å². The highest BCUT2D eigenvalue weighted by Gasteiger charge is 2.24. The van der Waals surface area contributed by atoms with E-state index >= 15 is 0 Å². The van der Waals surface area contributed by atoms with E-state index in [0.29, 0.717) is 11.4 Å². The average Bonchev–Trinajstić information content (AvgIpc) is 3.05. The van der Waals surface area contributed by atoms with Crippen LogP contribution in [0.5, 0.6) is 5.75 Å². The second-order valence-electron chi connectivity index (χ2n) is 8.18. The van der Waals surface area contributed by atoms with Crippen molar-refractivity contribution in [2.45, 2.75) is 33.9 Å². The highest BCUT2D eigenvalue weighted by atomic mass is 16.5. The maximum atomic E-state index is 12.3. The molecule has 1 N–H and O–H groups in total. The molecule has 0 atom stereocenters. The summed E-state index contributed by atoms with van der Waals surface area (Å²) < 4.78 is 7.84. The number of carbonyl (C=O) groups is 1. The molecule has 1 aromatic heterocycles. The fourth-order valence-electron chi connectivity index (χ4n) is 3.48. The number of benzene rings is 2. The first-order valence-corrected chi connectivity index (χ1v) is 9.55. The normalized spacial score (nSPS) is 14.1. The molecule has 3 aromatic rings. The van der Waals surface area contributed by atoms with Crippen molar-refractivity contribution in [2.24, 2.45) is 5.41 Å². The number of amides is 1. The first-order chi connectivity index (χ1) is 13.4. The molecule has 6 nitrogen and oxygen atoms in total. The Kier molecular flexibility index (Phi) is 4.49. The maximum absolute atomic E-state index is 12.3. The molecule has 2 aromatic carbocycles. The van der Waals surface area contributed by atoms with E-state index in [9.17, 15) is 4.79 Å². The minimum Gasteiger partial charge on any atom is -0.494 e. The Morgan fingerprint density at radius 2 is 1.93 bits per heavy atom. The van der Waals surface area contributed by atoms with Gasteiger partial charge in [0.15, 0.2) is 0 Å². The maximum Gasteiger partial charge on any atom is 0.229 e. The quantitative estimate of drug-likeness (QED) is 0.747. The molecule has 0 bridgehead atoms. The van der Waals surface area contributed by atoms with Gasteiger partial charge >= 0.3 is 0 Å². The van der Waals surface area contributed by atoms with Crippen LogP contribution in [0.3, 0.4) is 0 Å². The summed E-state index contributed by atoms with van der Waals surface area (Å²) in [6.45, 7) is 8.20. The molecule has 1 amide bonds. The summed E-state index contributed by atoms with van der Waals surface area (Å²) in [5, 5.41) is 2.97. The number of anilines is 2. The second kappa shape index (κ2) is 6.86. The van der Waals surface area contributed by atoms with Gasteiger partial charge in [-0.3, -0.25) is 4.79 Å². The second-order valence-corrected chi connectivity index (χ2v) is 8.18. The SMILES string of the molecule is COc1cc(N2CCn3c(nc4ccccc43)C2)ccc1NC(=O)C(C)(C)C. The fourth-order valence-corrected chi connectivity index (χ4v) is 3.48. The number of nitrogens with one attached hydrogen (secondary N) is 1. The van der Waals surface area contributed by atoms with E-state index in [1.54, 1.807) is 7.11 Å². The van der Waals surface area contributed by atoms with Crippen LogP contribution < -0.4 is 15.0 Å². The van der Waals surface area contributed by atoms with Gasteiger partial charge in [0.2, 0.25) is 5.91 Å². The average molecular weight is 378 g/mol. The van der Waals surface area contributed by atoms with Crippen molar-refractivity contribution in [2.75, 3.05) is 23.9 Å². The Bertz CT molecular complexity index is 1030. The predicted molar refractivity (Wildman–Crippen MR) is 112 cm³/mol. The topological polar surface area (TPSA) is 59.4 Å². The molecular weight excluding hydrogens is 352 g/mol. The molecule has 0 saturated heterocycles. The van der Waals surface area contributed by atoms with E-state index in [1.165, 1.54) is 5.52 Å². The van der Waals surface area contributed by atoms with Crippen molar-refractivity contribution in [3.8, 4) is 5.75 Å². The van der Waals surface area contributed by atoms with Gasteiger partial charge in [0, 0.05) is 30.3 Å². The molecule has 1 aliphatic rings. The highest BCUT2D eigenvalue weighted by molar-refractivity contribution is 5.96. The van der Waals surface area contributed by atoms with E-state index < -0.39 is 5.41 Å². The van der Waals surface area contributed by atoms with Crippen molar-refractivity contribution in [1.82, 2.24) is 9.55 Å². The molecule has 0 fully saturated rings. The largest absolute Gasteiger partial charge is 0.494 e. The zero-order valence-corrected chi connectivity index (χ0v) is 16.8. The molecule has 2 heterocycles. The van der Waals surface area contributed by atoms with Crippen LogP contribution in [0.4, 0.5) is 11.4 Å². The van der Waals surface area contributed by atoms with Gasteiger partial charge in [-0.2, -0.15) is 0 Å². The Morgan fingerprint density at radius 3 is 2.68 bits per heavy atom. The molecule has 0 saturated carbocycles. The van der Waals surface area contributed by atoms with Crippen LogP contribution in [-0.2, 0) is 17.9 Å². The summed E-state index contributed by atoms with van der Waals surface area (Å²) in [6, 6.07) is 14.2. The lowest BCUT2D eigenvalue weighted by atomic mass is 9.95. The number of methoxy groups -OCH3 is 1. The Morgan fingerprint density at radius 1 is 1.14 bits per heavy atom. The summed E-state index contributed by atoms with van der Waals surface area (Å²) in [5.74, 6) is 1.69. The molecule has 28 heavy (non-hydrogen) atoms. The summed E-state index contributed by atoms with van der Waals surface area (Å²) in [6.07, 6.45) is 0. The summed E-state index contributed by atoms with van der Waals surface area (Å²) >= 11 is 0. The van der Waals surface area contributed by atoms with E-state index in [4.69, 9.17) is 9.72 Å². The summed E-state index contributed by atoms with van der Waals surface area (Å²) in [7, 11) is 1.63. The molecule has 4 rings (SSSR count). The van der Waals surface area contributed by atoms with Crippen molar-refractivity contribution in [3.63, 3.8) is 0 Å². The van der Waals surface area contributed by atoms with Crippen molar-refractivity contribution in [1.29, 1.82) is 0 Å². The zero-order valence-electron chi connectivity index (χ0n) is 16.8. The monoisotopic (exact) mass is 378 g/mol. The fraction of sp³-hybridized carbons (Fsp3) is 0.364. The number of imidazole rings is 1. The summed E-state index contributed by atoms with van der Waals surface area (Å²) in [5.41, 5.74) is 3.52. The van der Waals surface area contributed by atoms with Crippen LogP contribution in [0.25, 0.3) is 11.0 Å². The van der Waals surface area contributed by atoms with Crippen LogP contribution in [0, 0.1) is 5.41 Å². The van der Waals surface area contributed by atoms with Gasteiger partial charge in [0.25, 0.3) is 0 Å². The standard InChI is InChI=1S/C22H26N4O2/c1-22(2,3)21(27)24-17-10-9-15(13-19(17)28-4)25-11-12-26-18-8-6-5-7-16(18)23-20(26)14-25/h5-10,13H,11-12,14H2,1-4H3,(H,24,27). The number of ether oxygens (including phenoxy) is 1. The zero-order chi connectivity index (χ0) is 19.9. The first-order valence-electron chi connectivity index (χ1n) is 9.55. The lowest BCUT2D eigenvalue weighted by Gasteiger charge is -2.30. The van der Waals surface area contributed by atoms with Crippen molar-refractivity contribution >= 4 is 28.3 Å². The van der Waals surface area contributed by atoms with Crippen LogP contribution in [0.2, 0.25) is 0 Å². The number of aromatic nitrogens is 2. The molecule has 6 heteroatoms. The number of hydrogen-bond donors (Lipinski definition) is 1. The Hall–Kier alpha value is -3.02. The first kappa shape index (κ1) is 18.3. The third kappa shape index (κ3) is 3.30. The molecular formula is C22H26N4O2. The number of nitrogens with zero attached hydrogens (tertiary/aromatic N) is 3. The summed E-state index contributed by atoms with van der Waals surface area (Å²) in [4.78, 5) is 19.4. The lowest BCUT2D eigenvalue weighted by Crippen LogP contribution is -2.33. The minimum absolute atomic E-state index is 0.0368. The number of hydrogen-bond acceptors (Lipinski definition) is 4. The van der Waals surface area contributed by atoms with E-state index in [-0.39, 0.29) is 5.91 Å². The Labute approximate surface area is 165 Å². The molecule has 1 aliphatic heterocycles. The number of para-hydroxylation sites is 2. The molecule has 146 valence electrons. The van der Waals surface area contributed by atoms with Crippen LogP contribution in [-0.4, -0.2) is 29.1 Å². The van der Waals surface area contributed by atoms with Gasteiger partial charge in [-0.25, -0.2) is 4.98 Å². The van der Waals surface area contributed by atoms with E-state index in [2.05, 4.69) is 33.0 Å². The van der Waals surface area contributed by atoms with Crippen LogP contribution in [0.1, 0.15) is 26.6 Å². The molecule has 0 unspecified atom stereocenters. The van der Waals surface area contributed by atoms with Crippen LogP contribution >= 0.6 is 0 Å². The number of rotatable bonds is 3. The van der Waals surface area contributed by atoms with Gasteiger partial charge in [-0.1, -0.05) is 32.9 Å². The van der Waals surface area contributed by atoms with Gasteiger partial charge in [-0.15, -0.1) is 0 Å². The highest BCUT2D eigenvalue weighted by Crippen LogP contribution is 2.33. The lowest BCUT2D eigenvalue weighted by molar-refractivity contribution is -0.123. The van der Waals surface area contributed by atoms with Crippen LogP contribution in [0.15, 0.2) is 42.5 Å². The van der Waals surface area contributed by atoms with Gasteiger partial charge in [0.1, 0.15) is 11.6 Å². The molecule has 0 spiro atoms. The third-order valence-electron chi connectivity index (χ3n) is 5.14. The minimum atomic E-state index is -0.463. The van der Waals surface area contributed by atoms with Crippen molar-refractivity contribution in [3.05, 3.63) is 48.3 Å². The van der Waals surface area contributed by atoms with Gasteiger partial charge in [-0.05, 0) is 24.3 Å². The third-order valence-corrected chi connectivity index (χ3v) is 5.14. The smallest absolute Gasteiger partial charge is 0.229 e. The van der Waals surface area contributed by atoms with E-state index in [0.717, 1.165) is 36.7 Å². The number of fused-ring (bicyclic) bond motifs is 3. The molecule has 0 aliphatic carbocycles.